The van der Waals surface area contributed by atoms with Gasteiger partial charge in [0.2, 0.25) is 0 Å². The molecule has 0 N–H and O–H groups in total. The molecular formula is C22H26ClN5O. The summed E-state index contributed by atoms with van der Waals surface area (Å²) < 4.78 is 2.05. The lowest BCUT2D eigenvalue weighted by atomic mass is 9.80. The van der Waals surface area contributed by atoms with Crippen LogP contribution >= 0.6 is 11.6 Å². The lowest BCUT2D eigenvalue weighted by molar-refractivity contribution is 0.0683. The van der Waals surface area contributed by atoms with Gasteiger partial charge in [-0.2, -0.15) is 10.2 Å². The van der Waals surface area contributed by atoms with E-state index in [1.807, 2.05) is 44.2 Å². The van der Waals surface area contributed by atoms with E-state index < -0.39 is 0 Å². The van der Waals surface area contributed by atoms with E-state index in [0.717, 1.165) is 55.0 Å². The number of aromatic nitrogens is 2. The van der Waals surface area contributed by atoms with Gasteiger partial charge >= 0.3 is 0 Å². The number of halogens is 1. The van der Waals surface area contributed by atoms with Gasteiger partial charge in [0.1, 0.15) is 5.82 Å². The van der Waals surface area contributed by atoms with Gasteiger partial charge in [-0.15, -0.1) is 0 Å². The quantitative estimate of drug-likeness (QED) is 0.754. The zero-order valence-corrected chi connectivity index (χ0v) is 17.9. The van der Waals surface area contributed by atoms with Crippen LogP contribution in [-0.2, 0) is 7.05 Å². The first-order valence-electron chi connectivity index (χ1n) is 10.1. The summed E-state index contributed by atoms with van der Waals surface area (Å²) in [5, 5.41) is 9.55. The molecule has 0 radical (unpaired) electrons. The summed E-state index contributed by atoms with van der Waals surface area (Å²) in [7, 11) is 3.90. The molecule has 1 amide bonds. The van der Waals surface area contributed by atoms with Gasteiger partial charge in [0.15, 0.2) is 0 Å². The lowest BCUT2D eigenvalue weighted by Crippen LogP contribution is -2.41. The number of hydrogen-bond donors (Lipinski definition) is 0. The number of carbonyl (C=O) groups is 1. The van der Waals surface area contributed by atoms with E-state index in [4.69, 9.17) is 11.6 Å². The lowest BCUT2D eigenvalue weighted by Gasteiger charge is -2.35. The minimum absolute atomic E-state index is 0.0220. The normalized spacial score (nSPS) is 21.7. The van der Waals surface area contributed by atoms with Crippen LogP contribution in [0.15, 0.2) is 40.7 Å². The number of aryl methyl sites for hydroxylation is 1. The van der Waals surface area contributed by atoms with Crippen LogP contribution in [0.3, 0.4) is 0 Å². The molecule has 152 valence electrons. The van der Waals surface area contributed by atoms with E-state index in [1.165, 1.54) is 0 Å². The molecule has 2 aromatic rings. The third-order valence-corrected chi connectivity index (χ3v) is 6.46. The largest absolute Gasteiger partial charge is 0.339 e. The molecule has 1 aromatic heterocycles. The molecule has 1 aliphatic carbocycles. The van der Waals surface area contributed by atoms with Crippen LogP contribution in [0, 0.1) is 12.8 Å². The summed E-state index contributed by atoms with van der Waals surface area (Å²) in [6, 6.07) is 7.36. The standard InChI is InChI=1S/C22H26ClN5O/c1-14-24-13-21(27(14)2)20-12-19(25-26-20)15-6-5-9-18(11-15)28(3)22(29)16-7-4-8-17(23)10-16/h4,7-8,10,13,15,18H,5-6,9,11-12H2,1-3H3/t15-,18+/m0/s1. The van der Waals surface area contributed by atoms with Crippen LogP contribution in [0.5, 0.6) is 0 Å². The summed E-state index contributed by atoms with van der Waals surface area (Å²) in [5.74, 6) is 1.35. The van der Waals surface area contributed by atoms with Gasteiger partial charge in [-0.25, -0.2) is 4.98 Å². The number of nitrogens with zero attached hydrogens (tertiary/aromatic N) is 5. The topological polar surface area (TPSA) is 62.9 Å². The first kappa shape index (κ1) is 19.8. The van der Waals surface area contributed by atoms with Gasteiger partial charge in [-0.3, -0.25) is 4.79 Å². The Hall–Kier alpha value is -2.47. The molecule has 1 aliphatic heterocycles. The van der Waals surface area contributed by atoms with Crippen molar-refractivity contribution >= 4 is 28.9 Å². The minimum Gasteiger partial charge on any atom is -0.339 e. The van der Waals surface area contributed by atoms with Crippen LogP contribution in [0.1, 0.15) is 54.0 Å². The monoisotopic (exact) mass is 411 g/mol. The maximum Gasteiger partial charge on any atom is 0.253 e. The number of imidazole rings is 1. The van der Waals surface area contributed by atoms with E-state index in [1.54, 1.807) is 12.1 Å². The van der Waals surface area contributed by atoms with Crippen molar-refractivity contribution in [2.24, 2.45) is 23.2 Å². The Morgan fingerprint density at radius 1 is 1.28 bits per heavy atom. The average Bonchev–Trinajstić information content (AvgIpc) is 3.34. The highest BCUT2D eigenvalue weighted by molar-refractivity contribution is 6.31. The number of hydrogen-bond acceptors (Lipinski definition) is 4. The smallest absolute Gasteiger partial charge is 0.253 e. The van der Waals surface area contributed by atoms with Gasteiger partial charge in [0.25, 0.3) is 5.91 Å². The first-order chi connectivity index (χ1) is 13.9. The van der Waals surface area contributed by atoms with E-state index in [0.29, 0.717) is 16.5 Å². The number of benzene rings is 1. The average molecular weight is 412 g/mol. The van der Waals surface area contributed by atoms with E-state index in [-0.39, 0.29) is 11.9 Å². The second-order valence-electron chi connectivity index (χ2n) is 8.01. The van der Waals surface area contributed by atoms with Crippen LogP contribution in [-0.4, -0.2) is 44.9 Å². The first-order valence-corrected chi connectivity index (χ1v) is 10.5. The maximum atomic E-state index is 12.9. The number of carbonyl (C=O) groups excluding carboxylic acids is 1. The predicted octanol–water partition coefficient (Wildman–Crippen LogP) is 4.26. The van der Waals surface area contributed by atoms with Crippen molar-refractivity contribution in [1.82, 2.24) is 14.5 Å². The summed E-state index contributed by atoms with van der Waals surface area (Å²) in [6.45, 7) is 1.99. The Kier molecular flexibility index (Phi) is 5.54. The Balaban J connectivity index is 1.41. The molecule has 2 heterocycles. The number of rotatable bonds is 4. The van der Waals surface area contributed by atoms with Gasteiger partial charge in [-0.1, -0.05) is 24.1 Å². The molecule has 2 atom stereocenters. The Labute approximate surface area is 176 Å². The maximum absolute atomic E-state index is 12.9. The Morgan fingerprint density at radius 3 is 2.83 bits per heavy atom. The zero-order chi connectivity index (χ0) is 20.5. The third kappa shape index (κ3) is 3.99. The molecule has 6 nitrogen and oxygen atoms in total. The highest BCUT2D eigenvalue weighted by Crippen LogP contribution is 2.32. The van der Waals surface area contributed by atoms with E-state index in [2.05, 4.69) is 19.8 Å². The van der Waals surface area contributed by atoms with Crippen molar-refractivity contribution in [3.63, 3.8) is 0 Å². The number of amides is 1. The second kappa shape index (κ2) is 8.11. The van der Waals surface area contributed by atoms with Crippen LogP contribution in [0.4, 0.5) is 0 Å². The molecule has 1 aromatic carbocycles. The molecule has 1 fully saturated rings. The van der Waals surface area contributed by atoms with Crippen LogP contribution in [0.2, 0.25) is 5.02 Å². The second-order valence-corrected chi connectivity index (χ2v) is 8.44. The molecule has 0 saturated heterocycles. The van der Waals surface area contributed by atoms with Crippen LogP contribution in [0.25, 0.3) is 0 Å². The van der Waals surface area contributed by atoms with Crippen molar-refractivity contribution in [1.29, 1.82) is 0 Å². The molecule has 0 unspecified atom stereocenters. The van der Waals surface area contributed by atoms with Crippen LogP contribution < -0.4 is 0 Å². The van der Waals surface area contributed by atoms with Crippen molar-refractivity contribution < 1.29 is 4.79 Å². The fourth-order valence-corrected chi connectivity index (χ4v) is 4.50. The Morgan fingerprint density at radius 2 is 2.10 bits per heavy atom. The molecular weight excluding hydrogens is 386 g/mol. The summed E-state index contributed by atoms with van der Waals surface area (Å²) in [4.78, 5) is 19.1. The fraction of sp³-hybridized carbons (Fsp3) is 0.455. The highest BCUT2D eigenvalue weighted by atomic mass is 35.5. The van der Waals surface area contributed by atoms with Crippen molar-refractivity contribution in [2.45, 2.75) is 45.1 Å². The molecule has 29 heavy (non-hydrogen) atoms. The predicted molar refractivity (Wildman–Crippen MR) is 116 cm³/mol. The van der Waals surface area contributed by atoms with Gasteiger partial charge in [0, 0.05) is 48.8 Å². The molecule has 2 aliphatic rings. The molecule has 0 spiro atoms. The Bertz CT molecular complexity index is 993. The van der Waals surface area contributed by atoms with Gasteiger partial charge in [-0.05, 0) is 44.4 Å². The summed E-state index contributed by atoms with van der Waals surface area (Å²) in [6.07, 6.45) is 6.76. The van der Waals surface area contributed by atoms with Crippen molar-refractivity contribution in [3.05, 3.63) is 52.6 Å². The summed E-state index contributed by atoms with van der Waals surface area (Å²) >= 11 is 6.06. The van der Waals surface area contributed by atoms with Crippen molar-refractivity contribution in [2.75, 3.05) is 7.05 Å². The molecule has 0 bridgehead atoms. The minimum atomic E-state index is 0.0220. The fourth-order valence-electron chi connectivity index (χ4n) is 4.31. The summed E-state index contributed by atoms with van der Waals surface area (Å²) in [5.41, 5.74) is 3.78. The van der Waals surface area contributed by atoms with E-state index >= 15 is 0 Å². The van der Waals surface area contributed by atoms with E-state index in [9.17, 15) is 4.79 Å². The molecule has 7 heteroatoms. The zero-order valence-electron chi connectivity index (χ0n) is 17.1. The van der Waals surface area contributed by atoms with Gasteiger partial charge in [0.05, 0.1) is 17.6 Å². The third-order valence-electron chi connectivity index (χ3n) is 6.22. The van der Waals surface area contributed by atoms with Gasteiger partial charge < -0.3 is 9.47 Å². The molecule has 4 rings (SSSR count). The SMILES string of the molecule is Cc1ncc(C2=NN=C([C@H]3CCC[C@@H](N(C)C(=O)c4cccc(Cl)c4)C3)C2)n1C. The van der Waals surface area contributed by atoms with Crippen molar-refractivity contribution in [3.8, 4) is 0 Å². The molecule has 1 saturated carbocycles. The highest BCUT2D eigenvalue weighted by Gasteiger charge is 2.32.